The zero-order valence-electron chi connectivity index (χ0n) is 14.6. The fourth-order valence-electron chi connectivity index (χ4n) is 4.89. The summed E-state index contributed by atoms with van der Waals surface area (Å²) in [5, 5.41) is 9.46. The first-order chi connectivity index (χ1) is 10.6. The van der Waals surface area contributed by atoms with E-state index in [4.69, 9.17) is 0 Å². The zero-order valence-corrected chi connectivity index (χ0v) is 16.9. The molecular formula is C20H39F2IO2. The molecule has 5 unspecified atom stereocenters. The average Bonchev–Trinajstić information content (AvgIpc) is 2.54. The van der Waals surface area contributed by atoms with Crippen LogP contribution in [0.2, 0.25) is 0 Å². The highest BCUT2D eigenvalue weighted by atomic mass is 127. The standard InChI is InChI=1S/C19H30F2O.CH4.HI.H2O.H2/c1-12-2-4-13(5-3-12)14-6-8-15(9-7-14)16-10-11-17(22)19(21)18(16)20;;;;/h8,12-14,16-19,22H,2-7,9-11H2,1H3;1H4;1H;1H2;1H. The van der Waals surface area contributed by atoms with E-state index in [1.807, 2.05) is 0 Å². The van der Waals surface area contributed by atoms with E-state index in [1.54, 1.807) is 0 Å². The number of alkyl halides is 2. The first kappa shape index (κ1) is 25.2. The Labute approximate surface area is 170 Å². The summed E-state index contributed by atoms with van der Waals surface area (Å²) >= 11 is 0. The van der Waals surface area contributed by atoms with Gasteiger partial charge in [0.1, 0.15) is 6.17 Å². The van der Waals surface area contributed by atoms with Gasteiger partial charge in [-0.25, -0.2) is 8.78 Å². The molecule has 25 heavy (non-hydrogen) atoms. The third kappa shape index (κ3) is 5.86. The van der Waals surface area contributed by atoms with Gasteiger partial charge in [-0.2, -0.15) is 0 Å². The number of halogens is 3. The van der Waals surface area contributed by atoms with Gasteiger partial charge < -0.3 is 10.6 Å². The number of aliphatic hydroxyl groups excluding tert-OH is 1. The molecule has 3 aliphatic carbocycles. The lowest BCUT2D eigenvalue weighted by Crippen LogP contribution is -2.42. The highest BCUT2D eigenvalue weighted by Gasteiger charge is 2.41. The Hall–Kier alpha value is 0.250. The van der Waals surface area contributed by atoms with Gasteiger partial charge in [-0.05, 0) is 62.7 Å². The first-order valence-electron chi connectivity index (χ1n) is 9.21. The van der Waals surface area contributed by atoms with Crippen LogP contribution in [0.5, 0.6) is 0 Å². The van der Waals surface area contributed by atoms with Gasteiger partial charge in [-0.1, -0.05) is 38.8 Å². The maximum Gasteiger partial charge on any atom is 0.157 e. The fourth-order valence-corrected chi connectivity index (χ4v) is 4.89. The number of hydrogen-bond acceptors (Lipinski definition) is 1. The normalized spacial score (nSPS) is 41.4. The van der Waals surface area contributed by atoms with Crippen LogP contribution >= 0.6 is 24.0 Å². The smallest absolute Gasteiger partial charge is 0.157 e. The quantitative estimate of drug-likeness (QED) is 0.406. The third-order valence-corrected chi connectivity index (χ3v) is 6.52. The molecule has 0 aromatic carbocycles. The van der Waals surface area contributed by atoms with E-state index in [9.17, 15) is 13.9 Å². The summed E-state index contributed by atoms with van der Waals surface area (Å²) < 4.78 is 27.9. The van der Waals surface area contributed by atoms with Gasteiger partial charge in [0.25, 0.3) is 0 Å². The van der Waals surface area contributed by atoms with Crippen molar-refractivity contribution in [3.05, 3.63) is 11.6 Å². The Kier molecular flexibility index (Phi) is 11.3. The van der Waals surface area contributed by atoms with Gasteiger partial charge in [-0.15, -0.1) is 24.0 Å². The van der Waals surface area contributed by atoms with Crippen LogP contribution in [-0.4, -0.2) is 29.0 Å². The molecule has 152 valence electrons. The molecule has 0 aromatic rings. The molecule has 3 N–H and O–H groups in total. The molecule has 0 bridgehead atoms. The van der Waals surface area contributed by atoms with E-state index < -0.39 is 18.4 Å². The van der Waals surface area contributed by atoms with Crippen molar-refractivity contribution < 1.29 is 20.8 Å². The second-order valence-electron chi connectivity index (χ2n) is 7.97. The van der Waals surface area contributed by atoms with Crippen LogP contribution in [0.15, 0.2) is 11.6 Å². The number of aliphatic hydroxyl groups is 1. The van der Waals surface area contributed by atoms with Gasteiger partial charge in [0, 0.05) is 7.34 Å². The summed E-state index contributed by atoms with van der Waals surface area (Å²) in [6.45, 7) is 2.35. The van der Waals surface area contributed by atoms with Crippen LogP contribution < -0.4 is 0 Å². The van der Waals surface area contributed by atoms with Crippen LogP contribution in [0.4, 0.5) is 8.78 Å². The van der Waals surface area contributed by atoms with Crippen molar-refractivity contribution in [2.24, 2.45) is 23.7 Å². The number of rotatable bonds is 2. The summed E-state index contributed by atoms with van der Waals surface area (Å²) in [6, 6.07) is 0. The Morgan fingerprint density at radius 3 is 2.16 bits per heavy atom. The fraction of sp³-hybridized carbons (Fsp3) is 0.900. The second-order valence-corrected chi connectivity index (χ2v) is 7.97. The summed E-state index contributed by atoms with van der Waals surface area (Å²) in [7, 11) is 0. The molecule has 0 radical (unpaired) electrons. The van der Waals surface area contributed by atoms with E-state index in [-0.39, 0.29) is 44.2 Å². The summed E-state index contributed by atoms with van der Waals surface area (Å²) in [6.07, 6.45) is 7.44. The van der Waals surface area contributed by atoms with Crippen molar-refractivity contribution in [3.8, 4) is 0 Å². The molecule has 0 aliphatic heterocycles. The van der Waals surface area contributed by atoms with Crippen LogP contribution in [0.1, 0.15) is 73.6 Å². The average molecular weight is 476 g/mol. The topological polar surface area (TPSA) is 51.7 Å². The molecule has 0 heterocycles. The van der Waals surface area contributed by atoms with Crippen molar-refractivity contribution in [2.75, 3.05) is 0 Å². The van der Waals surface area contributed by atoms with Crippen molar-refractivity contribution in [1.82, 2.24) is 0 Å². The van der Waals surface area contributed by atoms with Gasteiger partial charge >= 0.3 is 0 Å². The van der Waals surface area contributed by atoms with E-state index in [0.717, 1.165) is 42.6 Å². The minimum Gasteiger partial charge on any atom is -0.412 e. The molecule has 2 nitrogen and oxygen atoms in total. The molecule has 0 spiro atoms. The van der Waals surface area contributed by atoms with Crippen molar-refractivity contribution >= 4 is 24.0 Å². The Morgan fingerprint density at radius 1 is 0.960 bits per heavy atom. The van der Waals surface area contributed by atoms with Crippen LogP contribution in [0.25, 0.3) is 0 Å². The van der Waals surface area contributed by atoms with Crippen LogP contribution in [0.3, 0.4) is 0 Å². The van der Waals surface area contributed by atoms with Crippen LogP contribution in [-0.2, 0) is 0 Å². The van der Waals surface area contributed by atoms with Gasteiger partial charge in [-0.3, -0.25) is 0 Å². The molecule has 2 fully saturated rings. The molecule has 3 rings (SSSR count). The molecule has 0 aromatic heterocycles. The molecule has 5 heteroatoms. The van der Waals surface area contributed by atoms with Crippen LogP contribution in [0, 0.1) is 23.7 Å². The Balaban J connectivity index is 0. The van der Waals surface area contributed by atoms with E-state index in [2.05, 4.69) is 13.0 Å². The Morgan fingerprint density at radius 2 is 1.60 bits per heavy atom. The highest BCUT2D eigenvalue weighted by Crippen LogP contribution is 2.43. The SMILES string of the molecule is C.CC1CCC(C2CC=C(C3CCC(O)C(F)C3F)CC2)CC1.I.O.[HH]. The largest absolute Gasteiger partial charge is 0.412 e. The van der Waals surface area contributed by atoms with Gasteiger partial charge in [0.15, 0.2) is 6.17 Å². The number of hydrogen-bond donors (Lipinski definition) is 1. The molecule has 3 aliphatic rings. The second kappa shape index (κ2) is 11.2. The lowest BCUT2D eigenvalue weighted by molar-refractivity contribution is -0.0272. The molecule has 5 atom stereocenters. The maximum absolute atomic E-state index is 14.2. The minimum absolute atomic E-state index is 0. The van der Waals surface area contributed by atoms with E-state index in [1.165, 1.54) is 25.7 Å². The van der Waals surface area contributed by atoms with Crippen molar-refractivity contribution in [1.29, 1.82) is 0 Å². The van der Waals surface area contributed by atoms with E-state index >= 15 is 0 Å². The third-order valence-electron chi connectivity index (χ3n) is 6.52. The zero-order chi connectivity index (χ0) is 15.7. The summed E-state index contributed by atoms with van der Waals surface area (Å²) in [5.74, 6) is 2.20. The lowest BCUT2D eigenvalue weighted by Gasteiger charge is -2.38. The predicted molar refractivity (Wildman–Crippen MR) is 113 cm³/mol. The van der Waals surface area contributed by atoms with Crippen molar-refractivity contribution in [3.63, 3.8) is 0 Å². The van der Waals surface area contributed by atoms with Crippen molar-refractivity contribution in [2.45, 2.75) is 90.6 Å². The monoisotopic (exact) mass is 476 g/mol. The molecule has 0 saturated heterocycles. The highest BCUT2D eigenvalue weighted by molar-refractivity contribution is 14.0. The van der Waals surface area contributed by atoms with Gasteiger partial charge in [0.2, 0.25) is 0 Å². The summed E-state index contributed by atoms with van der Waals surface area (Å²) in [5.41, 5.74) is 1.13. The maximum atomic E-state index is 14.2. The number of allylic oxidation sites excluding steroid dienone is 2. The minimum atomic E-state index is -1.70. The molecule has 0 amide bonds. The predicted octanol–water partition coefficient (Wildman–Crippen LogP) is 5.66. The lowest BCUT2D eigenvalue weighted by atomic mass is 9.69. The first-order valence-corrected chi connectivity index (χ1v) is 9.21. The van der Waals surface area contributed by atoms with Gasteiger partial charge in [0.05, 0.1) is 6.10 Å². The molecular weight excluding hydrogens is 437 g/mol. The molecule has 2 saturated carbocycles. The Bertz CT molecular complexity index is 417. The van der Waals surface area contributed by atoms with E-state index in [0.29, 0.717) is 12.8 Å². The summed E-state index contributed by atoms with van der Waals surface area (Å²) in [4.78, 5) is 0.